The third-order valence-electron chi connectivity index (χ3n) is 4.83. The number of amides is 2. The minimum absolute atomic E-state index is 0.0565. The number of rotatable bonds is 5. The zero-order valence-corrected chi connectivity index (χ0v) is 16.8. The molecule has 0 unspecified atom stereocenters. The lowest BCUT2D eigenvalue weighted by Gasteiger charge is -2.34. The molecule has 0 spiro atoms. The number of aromatic nitrogens is 2. The van der Waals surface area contributed by atoms with Crippen molar-refractivity contribution in [3.63, 3.8) is 0 Å². The minimum Gasteiger partial charge on any atom is -0.474 e. The number of ether oxygens (including phenoxy) is 1. The Morgan fingerprint density at radius 1 is 1.24 bits per heavy atom. The van der Waals surface area contributed by atoms with Crippen LogP contribution in [0.5, 0.6) is 5.06 Å². The first-order valence-corrected chi connectivity index (χ1v) is 10.0. The summed E-state index contributed by atoms with van der Waals surface area (Å²) in [6.45, 7) is 3.42. The predicted molar refractivity (Wildman–Crippen MR) is 110 cm³/mol. The van der Waals surface area contributed by atoms with Gasteiger partial charge in [-0.2, -0.15) is 0 Å². The number of anilines is 1. The van der Waals surface area contributed by atoms with Gasteiger partial charge in [0.2, 0.25) is 5.91 Å². The lowest BCUT2D eigenvalue weighted by Crippen LogP contribution is -2.52. The van der Waals surface area contributed by atoms with Crippen LogP contribution >= 0.6 is 11.3 Å². The van der Waals surface area contributed by atoms with Gasteiger partial charge in [-0.3, -0.25) is 9.59 Å². The van der Waals surface area contributed by atoms with Crippen molar-refractivity contribution in [1.82, 2.24) is 19.8 Å². The van der Waals surface area contributed by atoms with Crippen molar-refractivity contribution in [1.29, 1.82) is 0 Å². The fraction of sp³-hybridized carbons (Fsp3) is 0.300. The Morgan fingerprint density at radius 3 is 2.86 bits per heavy atom. The number of carbonyl (C=O) groups is 2. The summed E-state index contributed by atoms with van der Waals surface area (Å²) in [5.74, 6) is 0.172. The zero-order chi connectivity index (χ0) is 20.4. The van der Waals surface area contributed by atoms with Gasteiger partial charge in [0.25, 0.3) is 5.91 Å². The van der Waals surface area contributed by atoms with Gasteiger partial charge in [-0.05, 0) is 36.8 Å². The fourth-order valence-corrected chi connectivity index (χ4v) is 3.95. The van der Waals surface area contributed by atoms with E-state index in [-0.39, 0.29) is 25.0 Å². The Bertz CT molecular complexity index is 1070. The van der Waals surface area contributed by atoms with E-state index in [0.717, 1.165) is 21.3 Å². The van der Waals surface area contributed by atoms with Crippen LogP contribution in [0, 0.1) is 6.92 Å². The Kier molecular flexibility index (Phi) is 5.30. The average molecular weight is 411 g/mol. The summed E-state index contributed by atoms with van der Waals surface area (Å²) < 4.78 is 5.53. The highest BCUT2D eigenvalue weighted by Crippen LogP contribution is 2.23. The highest BCUT2D eigenvalue weighted by atomic mass is 32.1. The molecule has 0 aliphatic carbocycles. The quantitative estimate of drug-likeness (QED) is 0.687. The molecule has 2 aromatic heterocycles. The topological polar surface area (TPSA) is 102 Å². The van der Waals surface area contributed by atoms with E-state index in [9.17, 15) is 9.59 Å². The molecule has 1 fully saturated rings. The molecule has 0 radical (unpaired) electrons. The second-order valence-corrected chi connectivity index (χ2v) is 8.15. The summed E-state index contributed by atoms with van der Waals surface area (Å²) >= 11 is 1.50. The van der Waals surface area contributed by atoms with Gasteiger partial charge in [-0.25, -0.2) is 9.97 Å². The number of nitrogens with zero attached hydrogens (tertiary/aromatic N) is 4. The van der Waals surface area contributed by atoms with Gasteiger partial charge in [-0.1, -0.05) is 6.07 Å². The summed E-state index contributed by atoms with van der Waals surface area (Å²) in [6.07, 6.45) is 1.43. The molecule has 0 atom stereocenters. The monoisotopic (exact) mass is 411 g/mol. The third kappa shape index (κ3) is 4.29. The Balaban J connectivity index is 1.34. The lowest BCUT2D eigenvalue weighted by atomic mass is 10.1. The van der Waals surface area contributed by atoms with Crippen LogP contribution in [0.4, 0.5) is 5.82 Å². The molecule has 1 saturated heterocycles. The summed E-state index contributed by atoms with van der Waals surface area (Å²) in [7, 11) is 0. The molecule has 1 aromatic carbocycles. The van der Waals surface area contributed by atoms with Gasteiger partial charge >= 0.3 is 0 Å². The molecule has 2 amide bonds. The Hall–Kier alpha value is -3.20. The maximum Gasteiger partial charge on any atom is 0.261 e. The largest absolute Gasteiger partial charge is 0.474 e. The molecule has 0 bridgehead atoms. The van der Waals surface area contributed by atoms with E-state index in [2.05, 4.69) is 9.97 Å². The standard InChI is InChI=1S/C20H21N5O3S/c1-13-2-5-19(29-13)28-11-18(27)25-7-6-24(17(26)10-25)9-14-3-4-15-16(8-14)22-12-23-20(15)21/h2-5,8,12H,6-7,9-11H2,1H3,(H2,21,22,23). The Labute approximate surface area is 171 Å². The third-order valence-corrected chi connectivity index (χ3v) is 5.74. The summed E-state index contributed by atoms with van der Waals surface area (Å²) in [4.78, 5) is 37.6. The van der Waals surface area contributed by atoms with E-state index in [1.807, 2.05) is 37.3 Å². The van der Waals surface area contributed by atoms with Crippen LogP contribution in [0.3, 0.4) is 0 Å². The van der Waals surface area contributed by atoms with Crippen molar-refractivity contribution < 1.29 is 14.3 Å². The maximum atomic E-state index is 12.6. The van der Waals surface area contributed by atoms with Crippen molar-refractivity contribution in [3.8, 4) is 5.06 Å². The number of fused-ring (bicyclic) bond motifs is 1. The first kappa shape index (κ1) is 19.1. The highest BCUT2D eigenvalue weighted by Gasteiger charge is 2.27. The summed E-state index contributed by atoms with van der Waals surface area (Å²) in [5, 5.41) is 1.50. The van der Waals surface area contributed by atoms with Crippen molar-refractivity contribution in [2.75, 3.05) is 32.0 Å². The van der Waals surface area contributed by atoms with E-state index >= 15 is 0 Å². The average Bonchev–Trinajstić information content (AvgIpc) is 3.13. The fourth-order valence-electron chi connectivity index (χ4n) is 3.24. The van der Waals surface area contributed by atoms with Crippen LogP contribution in [0.15, 0.2) is 36.7 Å². The van der Waals surface area contributed by atoms with Crippen LogP contribution in [0.25, 0.3) is 10.9 Å². The molecule has 8 nitrogen and oxygen atoms in total. The molecule has 3 heterocycles. The molecule has 0 saturated carbocycles. The molecule has 3 aromatic rings. The number of piperazine rings is 1. The molecule has 1 aliphatic heterocycles. The van der Waals surface area contributed by atoms with Gasteiger partial charge in [0.15, 0.2) is 11.7 Å². The van der Waals surface area contributed by atoms with Crippen molar-refractivity contribution in [2.45, 2.75) is 13.5 Å². The molecule has 1 aliphatic rings. The van der Waals surface area contributed by atoms with E-state index in [1.54, 1.807) is 9.80 Å². The van der Waals surface area contributed by atoms with Crippen LogP contribution < -0.4 is 10.5 Å². The number of hydrogen-bond acceptors (Lipinski definition) is 7. The lowest BCUT2D eigenvalue weighted by molar-refractivity contribution is -0.146. The van der Waals surface area contributed by atoms with Crippen molar-refractivity contribution in [2.24, 2.45) is 0 Å². The number of benzene rings is 1. The number of thiophene rings is 1. The molecule has 150 valence electrons. The first-order valence-electron chi connectivity index (χ1n) is 9.23. The van der Waals surface area contributed by atoms with Gasteiger partial charge in [-0.15, -0.1) is 11.3 Å². The van der Waals surface area contributed by atoms with Gasteiger partial charge in [0.1, 0.15) is 12.1 Å². The number of carbonyl (C=O) groups excluding carboxylic acids is 2. The first-order chi connectivity index (χ1) is 14.0. The van der Waals surface area contributed by atoms with E-state index in [1.165, 1.54) is 17.7 Å². The second-order valence-electron chi connectivity index (χ2n) is 6.89. The maximum absolute atomic E-state index is 12.6. The van der Waals surface area contributed by atoms with E-state index < -0.39 is 0 Å². The van der Waals surface area contributed by atoms with Crippen LogP contribution in [0.2, 0.25) is 0 Å². The number of nitrogen functional groups attached to an aromatic ring is 1. The van der Waals surface area contributed by atoms with Crippen LogP contribution in [-0.2, 0) is 16.1 Å². The van der Waals surface area contributed by atoms with E-state index in [4.69, 9.17) is 10.5 Å². The van der Waals surface area contributed by atoms with Gasteiger partial charge in [0, 0.05) is 29.9 Å². The molecule has 9 heteroatoms. The van der Waals surface area contributed by atoms with Gasteiger partial charge < -0.3 is 20.3 Å². The predicted octanol–water partition coefficient (Wildman–Crippen LogP) is 1.83. The number of nitrogens with two attached hydrogens (primary N) is 1. The zero-order valence-electron chi connectivity index (χ0n) is 16.0. The van der Waals surface area contributed by atoms with Gasteiger partial charge in [0.05, 0.1) is 12.1 Å². The number of aryl methyl sites for hydroxylation is 1. The highest BCUT2D eigenvalue weighted by molar-refractivity contribution is 7.13. The molecular formula is C20H21N5O3S. The molecule has 29 heavy (non-hydrogen) atoms. The molecular weight excluding hydrogens is 390 g/mol. The van der Waals surface area contributed by atoms with Crippen LogP contribution in [-0.4, -0.2) is 57.8 Å². The number of hydrogen-bond donors (Lipinski definition) is 1. The minimum atomic E-state index is -0.179. The Morgan fingerprint density at radius 2 is 2.10 bits per heavy atom. The van der Waals surface area contributed by atoms with Crippen LogP contribution in [0.1, 0.15) is 10.4 Å². The summed E-state index contributed by atoms with van der Waals surface area (Å²) in [5.41, 5.74) is 7.56. The van der Waals surface area contributed by atoms with Crippen molar-refractivity contribution >= 4 is 39.9 Å². The SMILES string of the molecule is Cc1ccc(OCC(=O)N2CCN(Cc3ccc4c(N)ncnc4c3)C(=O)C2)s1. The van der Waals surface area contributed by atoms with E-state index in [0.29, 0.717) is 30.5 Å². The summed E-state index contributed by atoms with van der Waals surface area (Å²) in [6, 6.07) is 9.49. The second kappa shape index (κ2) is 8.04. The molecule has 2 N–H and O–H groups in total. The molecule has 4 rings (SSSR count). The normalized spacial score (nSPS) is 14.4. The smallest absolute Gasteiger partial charge is 0.261 e. The van der Waals surface area contributed by atoms with Crippen molar-refractivity contribution in [3.05, 3.63) is 47.1 Å².